The van der Waals surface area contributed by atoms with Gasteiger partial charge in [-0.1, -0.05) is 6.92 Å². The Morgan fingerprint density at radius 1 is 1.50 bits per heavy atom. The van der Waals surface area contributed by atoms with Gasteiger partial charge in [0.25, 0.3) is 0 Å². The van der Waals surface area contributed by atoms with Crippen molar-refractivity contribution >= 4 is 38.3 Å². The molecule has 0 aromatic carbocycles. The molecule has 152 valence electrons. The van der Waals surface area contributed by atoms with E-state index in [0.29, 0.717) is 23.4 Å². The van der Waals surface area contributed by atoms with E-state index in [0.717, 1.165) is 6.42 Å². The van der Waals surface area contributed by atoms with E-state index in [1.54, 1.807) is 25.6 Å². The first-order chi connectivity index (χ1) is 13.4. The Hall–Kier alpha value is -1.69. The monoisotopic (exact) mass is 411 g/mol. The van der Waals surface area contributed by atoms with Gasteiger partial charge in [0.1, 0.15) is 0 Å². The van der Waals surface area contributed by atoms with Crippen LogP contribution in [0.3, 0.4) is 0 Å². The number of hydrogen-bond donors (Lipinski definition) is 2. The number of anilines is 1. The SMILES string of the molecule is B[PH]1(O)OC[C@H]2O[C@@H](n3cnc4c(NC(=O)CCC)ncnc43)[C@@H](OC)[C@H]2O1. The molecule has 4 heterocycles. The number of aromatic nitrogens is 4. The molecule has 2 fully saturated rings. The normalized spacial score (nSPS) is 30.1. The standard InChI is InChI=1S/C15H23BN5O6P/c1-3-4-9(22)20-13-10-14(18-6-17-13)21(7-19-10)15-12(24-2)11-8(26-15)5-25-28(16,23)27-11/h6-8,11-12,15,23,28H,3-5,16H2,1-2H3,(H,17,18,20,22)/t8-,11+,12+,15-/m1/s1. The Labute approximate surface area is 162 Å². The van der Waals surface area contributed by atoms with Crippen LogP contribution in [0.5, 0.6) is 0 Å². The van der Waals surface area contributed by atoms with Gasteiger partial charge in [-0.05, 0) is 0 Å². The number of nitrogens with one attached hydrogen (secondary N) is 1. The van der Waals surface area contributed by atoms with Crippen molar-refractivity contribution in [2.45, 2.75) is 44.3 Å². The summed E-state index contributed by atoms with van der Waals surface area (Å²) < 4.78 is 24.6. The van der Waals surface area contributed by atoms with Crippen LogP contribution >= 0.6 is 7.82 Å². The van der Waals surface area contributed by atoms with Crippen LogP contribution in [0.15, 0.2) is 12.7 Å². The number of rotatable bonds is 5. The predicted molar refractivity (Wildman–Crippen MR) is 103 cm³/mol. The molecule has 4 atom stereocenters. The molecule has 0 radical (unpaired) electrons. The van der Waals surface area contributed by atoms with Gasteiger partial charge in [-0.25, -0.2) is 0 Å². The molecule has 13 heteroatoms. The number of imidazole rings is 1. The molecule has 2 aliphatic rings. The van der Waals surface area contributed by atoms with Crippen LogP contribution in [0, 0.1) is 0 Å². The van der Waals surface area contributed by atoms with E-state index in [4.69, 9.17) is 18.5 Å². The first-order valence-corrected chi connectivity index (χ1v) is 11.4. The molecule has 28 heavy (non-hydrogen) atoms. The van der Waals surface area contributed by atoms with E-state index >= 15 is 0 Å². The Balaban J connectivity index is 1.65. The summed E-state index contributed by atoms with van der Waals surface area (Å²) in [5, 5.41) is 2.77. The second-order valence-corrected chi connectivity index (χ2v) is 9.22. The quantitative estimate of drug-likeness (QED) is 0.513. The summed E-state index contributed by atoms with van der Waals surface area (Å²) in [6, 6.07) is 0. The van der Waals surface area contributed by atoms with Crippen LogP contribution in [0.2, 0.25) is 0 Å². The molecule has 0 aliphatic carbocycles. The van der Waals surface area contributed by atoms with Crippen molar-refractivity contribution in [3.05, 3.63) is 12.7 Å². The fourth-order valence-corrected chi connectivity index (χ4v) is 4.87. The summed E-state index contributed by atoms with van der Waals surface area (Å²) in [5.41, 5.74) is 0.955. The Morgan fingerprint density at radius 2 is 2.32 bits per heavy atom. The maximum atomic E-state index is 11.9. The number of fused-ring (bicyclic) bond motifs is 2. The average Bonchev–Trinajstić information content (AvgIpc) is 3.22. The van der Waals surface area contributed by atoms with E-state index in [1.165, 1.54) is 6.33 Å². The first kappa shape index (κ1) is 19.6. The van der Waals surface area contributed by atoms with Crippen molar-refractivity contribution in [2.75, 3.05) is 19.0 Å². The Kier molecular flexibility index (Phi) is 5.34. The second kappa shape index (κ2) is 7.62. The van der Waals surface area contributed by atoms with Crippen LogP contribution in [-0.4, -0.2) is 69.9 Å². The Morgan fingerprint density at radius 3 is 3.07 bits per heavy atom. The van der Waals surface area contributed by atoms with E-state index in [2.05, 4.69) is 20.3 Å². The van der Waals surface area contributed by atoms with Crippen molar-refractivity contribution in [1.82, 2.24) is 19.5 Å². The van der Waals surface area contributed by atoms with E-state index in [9.17, 15) is 9.69 Å². The third kappa shape index (κ3) is 3.52. The zero-order valence-corrected chi connectivity index (χ0v) is 16.9. The number of carbonyl (C=O) groups is 1. The van der Waals surface area contributed by atoms with Crippen LogP contribution in [-0.2, 0) is 23.3 Å². The number of methoxy groups -OCH3 is 1. The Bertz CT molecular complexity index is 882. The van der Waals surface area contributed by atoms with Gasteiger partial charge in [0.2, 0.25) is 0 Å². The minimum absolute atomic E-state index is 0.132. The summed E-state index contributed by atoms with van der Waals surface area (Å²) in [6.07, 6.45) is 2.15. The zero-order chi connectivity index (χ0) is 19.9. The van der Waals surface area contributed by atoms with E-state index in [-0.39, 0.29) is 18.6 Å². The molecule has 4 rings (SSSR count). The number of nitrogens with zero attached hydrogens (tertiary/aromatic N) is 4. The summed E-state index contributed by atoms with van der Waals surface area (Å²) in [5.74, 6) is 0.217. The molecule has 0 saturated carbocycles. The number of hydrogen-bond acceptors (Lipinski definition) is 9. The molecular weight excluding hydrogens is 388 g/mol. The number of ether oxygens (including phenoxy) is 2. The van der Waals surface area contributed by atoms with E-state index < -0.39 is 26.3 Å². The fraction of sp³-hybridized carbons (Fsp3) is 0.600. The van der Waals surface area contributed by atoms with Gasteiger partial charge >= 0.3 is 155 Å². The third-order valence-corrected chi connectivity index (χ3v) is 6.21. The van der Waals surface area contributed by atoms with Gasteiger partial charge in [-0.3, -0.25) is 0 Å². The van der Waals surface area contributed by atoms with Crippen molar-refractivity contribution < 1.29 is 28.2 Å². The first-order valence-electron chi connectivity index (χ1n) is 9.13. The number of carbonyl (C=O) groups excluding carboxylic acids is 1. The topological polar surface area (TPSA) is 130 Å². The summed E-state index contributed by atoms with van der Waals surface area (Å²) in [4.78, 5) is 34.9. The summed E-state index contributed by atoms with van der Waals surface area (Å²) in [6.45, 7) is 2.15. The molecule has 11 nitrogen and oxygen atoms in total. The predicted octanol–water partition coefficient (Wildman–Crippen LogP) is -0.0720. The van der Waals surface area contributed by atoms with Gasteiger partial charge in [0.05, 0.1) is 0 Å². The molecule has 0 spiro atoms. The molecule has 2 aliphatic heterocycles. The maximum absolute atomic E-state index is 11.9. The molecule has 2 N–H and O–H groups in total. The van der Waals surface area contributed by atoms with Gasteiger partial charge in [-0.2, -0.15) is 0 Å². The molecule has 2 aromatic rings. The third-order valence-electron chi connectivity index (χ3n) is 4.80. The van der Waals surface area contributed by atoms with E-state index in [1.807, 2.05) is 6.92 Å². The van der Waals surface area contributed by atoms with Crippen molar-refractivity contribution in [2.24, 2.45) is 0 Å². The molecule has 0 bridgehead atoms. The molecule has 2 saturated heterocycles. The molecule has 2 aromatic heterocycles. The van der Waals surface area contributed by atoms with Crippen LogP contribution in [0.1, 0.15) is 26.0 Å². The van der Waals surface area contributed by atoms with Crippen LogP contribution < -0.4 is 5.32 Å². The van der Waals surface area contributed by atoms with Crippen LogP contribution in [0.4, 0.5) is 5.82 Å². The molecular formula is C15H23BN5O6P. The molecule has 1 amide bonds. The summed E-state index contributed by atoms with van der Waals surface area (Å²) in [7, 11) is -0.0734. The van der Waals surface area contributed by atoms with Crippen molar-refractivity contribution in [1.29, 1.82) is 0 Å². The second-order valence-electron chi connectivity index (χ2n) is 6.90. The summed E-state index contributed by atoms with van der Waals surface area (Å²) >= 11 is 0. The van der Waals surface area contributed by atoms with Gasteiger partial charge in [0.15, 0.2) is 0 Å². The van der Waals surface area contributed by atoms with Gasteiger partial charge in [0, 0.05) is 0 Å². The van der Waals surface area contributed by atoms with Crippen molar-refractivity contribution in [3.8, 4) is 0 Å². The van der Waals surface area contributed by atoms with Gasteiger partial charge in [-0.15, -0.1) is 0 Å². The zero-order valence-electron chi connectivity index (χ0n) is 15.9. The van der Waals surface area contributed by atoms with Gasteiger partial charge < -0.3 is 0 Å². The van der Waals surface area contributed by atoms with Crippen LogP contribution in [0.25, 0.3) is 11.2 Å². The number of amides is 1. The fourth-order valence-electron chi connectivity index (χ4n) is 3.53. The van der Waals surface area contributed by atoms with Crippen molar-refractivity contribution in [3.63, 3.8) is 0 Å². The molecule has 0 unspecified atom stereocenters. The minimum atomic E-state index is -3.20. The average molecular weight is 411 g/mol.